The van der Waals surface area contributed by atoms with E-state index in [1.165, 1.54) is 12.8 Å². The molecule has 1 aromatic carbocycles. The largest absolute Gasteiger partial charge is 0.354 e. The van der Waals surface area contributed by atoms with E-state index in [-0.39, 0.29) is 5.91 Å². The summed E-state index contributed by atoms with van der Waals surface area (Å²) in [5.74, 6) is 0.514. The van der Waals surface area contributed by atoms with Gasteiger partial charge in [0.25, 0.3) is 5.91 Å². The molecule has 5 nitrogen and oxygen atoms in total. The van der Waals surface area contributed by atoms with Crippen molar-refractivity contribution < 1.29 is 4.79 Å². The molecule has 1 N–H and O–H groups in total. The van der Waals surface area contributed by atoms with Crippen molar-refractivity contribution in [2.75, 3.05) is 25.0 Å². The SMILES string of the molecule is Cc1cc(C(=O)N2CCCCCC2)nc(NCCc2cccc(Cl)c2)n1. The summed E-state index contributed by atoms with van der Waals surface area (Å²) >= 11 is 6.02. The lowest BCUT2D eigenvalue weighted by Crippen LogP contribution is -2.32. The highest BCUT2D eigenvalue weighted by molar-refractivity contribution is 6.30. The van der Waals surface area contributed by atoms with Crippen LogP contribution in [0.1, 0.15) is 47.4 Å². The molecular weight excluding hydrogens is 348 g/mol. The minimum absolute atomic E-state index is 0.00953. The van der Waals surface area contributed by atoms with Crippen LogP contribution in [0.3, 0.4) is 0 Å². The van der Waals surface area contributed by atoms with Crippen molar-refractivity contribution in [1.29, 1.82) is 0 Å². The number of likely N-dealkylation sites (tertiary alicyclic amines) is 1. The van der Waals surface area contributed by atoms with Crippen LogP contribution in [-0.2, 0) is 6.42 Å². The zero-order valence-electron chi connectivity index (χ0n) is 15.2. The summed E-state index contributed by atoms with van der Waals surface area (Å²) in [5, 5.41) is 3.96. The first-order chi connectivity index (χ1) is 12.6. The van der Waals surface area contributed by atoms with E-state index < -0.39 is 0 Å². The number of carbonyl (C=O) groups is 1. The lowest BCUT2D eigenvalue weighted by Gasteiger charge is -2.20. The standard InChI is InChI=1S/C20H25ClN4O/c1-15-13-18(19(26)25-11-4-2-3-5-12-25)24-20(23-15)22-10-9-16-7-6-8-17(21)14-16/h6-8,13-14H,2-5,9-12H2,1H3,(H,22,23,24). The summed E-state index contributed by atoms with van der Waals surface area (Å²) in [6.07, 6.45) is 5.35. The van der Waals surface area contributed by atoms with Crippen molar-refractivity contribution in [2.45, 2.75) is 39.0 Å². The number of nitrogens with zero attached hydrogens (tertiary/aromatic N) is 3. The van der Waals surface area contributed by atoms with Crippen LogP contribution in [-0.4, -0.2) is 40.4 Å². The molecule has 26 heavy (non-hydrogen) atoms. The normalized spacial score (nSPS) is 14.8. The summed E-state index contributed by atoms with van der Waals surface area (Å²) in [4.78, 5) is 23.6. The zero-order valence-corrected chi connectivity index (χ0v) is 15.9. The number of aromatic nitrogens is 2. The molecule has 0 spiro atoms. The summed E-state index contributed by atoms with van der Waals surface area (Å²) in [6, 6.07) is 9.57. The van der Waals surface area contributed by atoms with Gasteiger partial charge in [-0.25, -0.2) is 9.97 Å². The molecule has 0 radical (unpaired) electrons. The smallest absolute Gasteiger partial charge is 0.272 e. The molecule has 1 amide bonds. The van der Waals surface area contributed by atoms with Gasteiger partial charge in [0, 0.05) is 30.4 Å². The Balaban J connectivity index is 1.64. The van der Waals surface area contributed by atoms with Gasteiger partial charge in [-0.05, 0) is 49.9 Å². The molecule has 0 unspecified atom stereocenters. The second kappa shape index (κ2) is 8.99. The molecule has 2 aromatic rings. The third-order valence-corrected chi connectivity index (χ3v) is 4.79. The molecule has 0 bridgehead atoms. The summed E-state index contributed by atoms with van der Waals surface area (Å²) in [7, 11) is 0. The maximum Gasteiger partial charge on any atom is 0.272 e. The molecule has 1 saturated heterocycles. The second-order valence-corrected chi connectivity index (χ2v) is 7.17. The number of hydrogen-bond acceptors (Lipinski definition) is 4. The van der Waals surface area contributed by atoms with Gasteiger partial charge in [-0.2, -0.15) is 0 Å². The van der Waals surface area contributed by atoms with E-state index in [2.05, 4.69) is 15.3 Å². The van der Waals surface area contributed by atoms with Crippen LogP contribution in [0.15, 0.2) is 30.3 Å². The minimum atomic E-state index is 0.00953. The first-order valence-electron chi connectivity index (χ1n) is 9.25. The van der Waals surface area contributed by atoms with E-state index in [9.17, 15) is 4.79 Å². The molecule has 0 aliphatic carbocycles. The lowest BCUT2D eigenvalue weighted by molar-refractivity contribution is 0.0755. The highest BCUT2D eigenvalue weighted by Gasteiger charge is 2.19. The van der Waals surface area contributed by atoms with E-state index >= 15 is 0 Å². The molecule has 0 atom stereocenters. The van der Waals surface area contributed by atoms with Gasteiger partial charge < -0.3 is 10.2 Å². The minimum Gasteiger partial charge on any atom is -0.354 e. The highest BCUT2D eigenvalue weighted by Crippen LogP contribution is 2.15. The Morgan fingerprint density at radius 1 is 1.15 bits per heavy atom. The Labute approximate surface area is 159 Å². The molecule has 1 aromatic heterocycles. The fourth-order valence-corrected chi connectivity index (χ4v) is 3.42. The zero-order chi connectivity index (χ0) is 18.4. The predicted octanol–water partition coefficient (Wildman–Crippen LogP) is 4.11. The summed E-state index contributed by atoms with van der Waals surface area (Å²) in [5.41, 5.74) is 2.42. The number of hydrogen-bond donors (Lipinski definition) is 1. The predicted molar refractivity (Wildman–Crippen MR) is 105 cm³/mol. The Morgan fingerprint density at radius 2 is 1.92 bits per heavy atom. The Kier molecular flexibility index (Phi) is 6.45. The summed E-state index contributed by atoms with van der Waals surface area (Å²) in [6.45, 7) is 4.21. The van der Waals surface area contributed by atoms with Gasteiger partial charge in [0.15, 0.2) is 0 Å². The number of nitrogens with one attached hydrogen (secondary N) is 1. The number of carbonyl (C=O) groups excluding carboxylic acids is 1. The Morgan fingerprint density at radius 3 is 2.65 bits per heavy atom. The van der Waals surface area contributed by atoms with Crippen molar-refractivity contribution in [2.24, 2.45) is 0 Å². The van der Waals surface area contributed by atoms with Gasteiger partial charge >= 0.3 is 0 Å². The van der Waals surface area contributed by atoms with E-state index in [0.29, 0.717) is 18.2 Å². The first-order valence-corrected chi connectivity index (χ1v) is 9.63. The first kappa shape index (κ1) is 18.6. The monoisotopic (exact) mass is 372 g/mol. The van der Waals surface area contributed by atoms with Crippen LogP contribution in [0, 0.1) is 6.92 Å². The van der Waals surface area contributed by atoms with Crippen LogP contribution in [0.5, 0.6) is 0 Å². The number of aryl methyl sites for hydroxylation is 1. The number of anilines is 1. The Bertz CT molecular complexity index is 757. The lowest BCUT2D eigenvalue weighted by atomic mass is 10.1. The fourth-order valence-electron chi connectivity index (χ4n) is 3.20. The van der Waals surface area contributed by atoms with Crippen molar-refractivity contribution >= 4 is 23.5 Å². The van der Waals surface area contributed by atoms with Crippen molar-refractivity contribution in [3.05, 3.63) is 52.3 Å². The maximum atomic E-state index is 12.8. The highest BCUT2D eigenvalue weighted by atomic mass is 35.5. The maximum absolute atomic E-state index is 12.8. The van der Waals surface area contributed by atoms with Crippen LogP contribution < -0.4 is 5.32 Å². The number of rotatable bonds is 5. The molecule has 1 fully saturated rings. The average molecular weight is 373 g/mol. The summed E-state index contributed by atoms with van der Waals surface area (Å²) < 4.78 is 0. The molecule has 1 aliphatic heterocycles. The van der Waals surface area contributed by atoms with Crippen LogP contribution in [0.4, 0.5) is 5.95 Å². The van der Waals surface area contributed by atoms with Crippen molar-refractivity contribution in [1.82, 2.24) is 14.9 Å². The van der Waals surface area contributed by atoms with Gasteiger partial charge in [-0.1, -0.05) is 36.6 Å². The molecular formula is C20H25ClN4O. The van der Waals surface area contributed by atoms with Crippen LogP contribution in [0.2, 0.25) is 5.02 Å². The molecule has 138 valence electrons. The van der Waals surface area contributed by atoms with Crippen LogP contribution in [0.25, 0.3) is 0 Å². The number of amides is 1. The van der Waals surface area contributed by atoms with Gasteiger partial charge in [0.2, 0.25) is 5.95 Å². The van der Waals surface area contributed by atoms with Gasteiger partial charge in [0.05, 0.1) is 0 Å². The van der Waals surface area contributed by atoms with Crippen molar-refractivity contribution in [3.63, 3.8) is 0 Å². The average Bonchev–Trinajstić information content (AvgIpc) is 2.90. The third-order valence-electron chi connectivity index (χ3n) is 4.55. The van der Waals surface area contributed by atoms with Gasteiger partial charge in [-0.3, -0.25) is 4.79 Å². The number of benzene rings is 1. The number of halogens is 1. The molecule has 2 heterocycles. The van der Waals surface area contributed by atoms with E-state index in [4.69, 9.17) is 11.6 Å². The van der Waals surface area contributed by atoms with E-state index in [1.807, 2.05) is 36.1 Å². The van der Waals surface area contributed by atoms with Gasteiger partial charge in [-0.15, -0.1) is 0 Å². The fraction of sp³-hybridized carbons (Fsp3) is 0.450. The third kappa shape index (κ3) is 5.18. The van der Waals surface area contributed by atoms with Crippen LogP contribution >= 0.6 is 11.6 Å². The molecule has 1 aliphatic rings. The van der Waals surface area contributed by atoms with Crippen molar-refractivity contribution in [3.8, 4) is 0 Å². The molecule has 6 heteroatoms. The molecule has 3 rings (SSSR count). The van der Waals surface area contributed by atoms with E-state index in [0.717, 1.165) is 48.6 Å². The second-order valence-electron chi connectivity index (χ2n) is 6.73. The topological polar surface area (TPSA) is 58.1 Å². The van der Waals surface area contributed by atoms with E-state index in [1.54, 1.807) is 6.07 Å². The molecule has 0 saturated carbocycles. The van der Waals surface area contributed by atoms with Gasteiger partial charge in [0.1, 0.15) is 5.69 Å². The quantitative estimate of drug-likeness (QED) is 0.858. The Hall–Kier alpha value is -2.14.